The Morgan fingerprint density at radius 1 is 0.886 bits per heavy atom. The maximum atomic E-state index is 13.4. The van der Waals surface area contributed by atoms with E-state index in [1.165, 1.54) is 0 Å². The lowest BCUT2D eigenvalue weighted by Crippen LogP contribution is -2.45. The zero-order valence-corrected chi connectivity index (χ0v) is 22.0. The standard InChI is InChI=1S/C28H34N2O4S/c1-27(2,3)19-28(4,5)30-35(32,33)25-13-8-7-12-24(25)20-10-9-11-21(18-20)26(31)29-22-14-16-23(34-6)17-15-22/h7-18,30H,19H2,1-6H3,(H,29,31). The number of carbonyl (C=O) groups is 1. The second kappa shape index (κ2) is 10.2. The van der Waals surface area contributed by atoms with Crippen molar-refractivity contribution in [2.75, 3.05) is 12.4 Å². The number of carbonyl (C=O) groups excluding carboxylic acids is 1. The Bertz CT molecular complexity index is 1290. The number of methoxy groups -OCH3 is 1. The van der Waals surface area contributed by atoms with Crippen LogP contribution in [0.1, 0.15) is 51.4 Å². The fourth-order valence-corrected chi connectivity index (χ4v) is 6.07. The molecule has 3 aromatic rings. The van der Waals surface area contributed by atoms with Crippen LogP contribution in [0, 0.1) is 5.41 Å². The first kappa shape index (κ1) is 26.4. The first-order valence-electron chi connectivity index (χ1n) is 11.5. The van der Waals surface area contributed by atoms with Crippen LogP contribution in [0.25, 0.3) is 11.1 Å². The van der Waals surface area contributed by atoms with Crippen molar-refractivity contribution in [3.8, 4) is 16.9 Å². The Labute approximate surface area is 208 Å². The van der Waals surface area contributed by atoms with E-state index >= 15 is 0 Å². The summed E-state index contributed by atoms with van der Waals surface area (Å²) in [5, 5.41) is 2.86. The van der Waals surface area contributed by atoms with Gasteiger partial charge in [-0.15, -0.1) is 0 Å². The topological polar surface area (TPSA) is 84.5 Å². The lowest BCUT2D eigenvalue weighted by atomic mass is 9.82. The van der Waals surface area contributed by atoms with E-state index in [-0.39, 0.29) is 16.2 Å². The molecule has 0 unspecified atom stereocenters. The molecule has 6 nitrogen and oxygen atoms in total. The average Bonchev–Trinajstić information content (AvgIpc) is 2.77. The van der Waals surface area contributed by atoms with E-state index in [0.717, 1.165) is 0 Å². The van der Waals surface area contributed by atoms with Crippen LogP contribution in [0.3, 0.4) is 0 Å². The highest BCUT2D eigenvalue weighted by molar-refractivity contribution is 7.89. The van der Waals surface area contributed by atoms with Crippen LogP contribution in [0.5, 0.6) is 5.75 Å². The van der Waals surface area contributed by atoms with Gasteiger partial charge in [0.2, 0.25) is 10.0 Å². The molecule has 0 radical (unpaired) electrons. The van der Waals surface area contributed by atoms with E-state index in [1.807, 2.05) is 13.8 Å². The molecule has 186 valence electrons. The van der Waals surface area contributed by atoms with Crippen LogP contribution in [0.4, 0.5) is 5.69 Å². The predicted molar refractivity (Wildman–Crippen MR) is 141 cm³/mol. The third kappa shape index (κ3) is 7.16. The van der Waals surface area contributed by atoms with Crippen LogP contribution in [0.2, 0.25) is 0 Å². The van der Waals surface area contributed by atoms with Gasteiger partial charge in [0.25, 0.3) is 5.91 Å². The van der Waals surface area contributed by atoms with E-state index in [1.54, 1.807) is 79.9 Å². The quantitative estimate of drug-likeness (QED) is 0.396. The molecule has 3 rings (SSSR count). The minimum Gasteiger partial charge on any atom is -0.497 e. The largest absolute Gasteiger partial charge is 0.497 e. The molecule has 2 N–H and O–H groups in total. The van der Waals surface area contributed by atoms with Gasteiger partial charge in [-0.1, -0.05) is 51.1 Å². The number of amides is 1. The minimum atomic E-state index is -3.82. The summed E-state index contributed by atoms with van der Waals surface area (Å²) < 4.78 is 34.9. The number of ether oxygens (including phenoxy) is 1. The Morgan fingerprint density at radius 2 is 1.54 bits per heavy atom. The third-order valence-electron chi connectivity index (χ3n) is 5.34. The van der Waals surface area contributed by atoms with Crippen molar-refractivity contribution in [1.29, 1.82) is 0 Å². The Balaban J connectivity index is 1.90. The summed E-state index contributed by atoms with van der Waals surface area (Å²) in [6.45, 7) is 10.0. The van der Waals surface area contributed by atoms with Crippen molar-refractivity contribution in [3.05, 3.63) is 78.4 Å². The van der Waals surface area contributed by atoms with E-state index in [4.69, 9.17) is 4.74 Å². The van der Waals surface area contributed by atoms with Crippen LogP contribution in [-0.2, 0) is 10.0 Å². The Kier molecular flexibility index (Phi) is 7.72. The summed E-state index contributed by atoms with van der Waals surface area (Å²) in [7, 11) is -2.24. The second-order valence-electron chi connectivity index (χ2n) is 10.5. The van der Waals surface area contributed by atoms with E-state index in [0.29, 0.717) is 34.5 Å². The molecule has 0 heterocycles. The molecule has 7 heteroatoms. The first-order chi connectivity index (χ1) is 16.3. The molecule has 0 saturated heterocycles. The molecule has 0 bridgehead atoms. The van der Waals surface area contributed by atoms with Crippen molar-refractivity contribution in [2.24, 2.45) is 5.41 Å². The number of hydrogen-bond donors (Lipinski definition) is 2. The fourth-order valence-electron chi connectivity index (χ4n) is 4.43. The normalized spacial score (nSPS) is 12.3. The maximum Gasteiger partial charge on any atom is 0.255 e. The van der Waals surface area contributed by atoms with Gasteiger partial charge in [-0.05, 0) is 73.7 Å². The van der Waals surface area contributed by atoms with Gasteiger partial charge in [0.05, 0.1) is 12.0 Å². The third-order valence-corrected chi connectivity index (χ3v) is 7.10. The fraction of sp³-hybridized carbons (Fsp3) is 0.321. The number of sulfonamides is 1. The van der Waals surface area contributed by atoms with Crippen molar-refractivity contribution in [1.82, 2.24) is 4.72 Å². The molecule has 0 aliphatic heterocycles. The molecule has 0 spiro atoms. The van der Waals surface area contributed by atoms with Gasteiger partial charge in [0.15, 0.2) is 0 Å². The summed E-state index contributed by atoms with van der Waals surface area (Å²) in [6.07, 6.45) is 0.669. The highest BCUT2D eigenvalue weighted by atomic mass is 32.2. The van der Waals surface area contributed by atoms with Gasteiger partial charge in [0.1, 0.15) is 5.75 Å². The van der Waals surface area contributed by atoms with Crippen molar-refractivity contribution in [3.63, 3.8) is 0 Å². The van der Waals surface area contributed by atoms with Gasteiger partial charge in [0, 0.05) is 22.4 Å². The summed E-state index contributed by atoms with van der Waals surface area (Å²) in [5.74, 6) is 0.406. The van der Waals surface area contributed by atoms with Gasteiger partial charge < -0.3 is 10.1 Å². The first-order valence-corrected chi connectivity index (χ1v) is 13.0. The lowest BCUT2D eigenvalue weighted by molar-refractivity contribution is 0.102. The van der Waals surface area contributed by atoms with Crippen LogP contribution in [0.15, 0.2) is 77.7 Å². The highest BCUT2D eigenvalue weighted by Crippen LogP contribution is 2.32. The van der Waals surface area contributed by atoms with Gasteiger partial charge in [-0.25, -0.2) is 13.1 Å². The number of nitrogens with one attached hydrogen (secondary N) is 2. The van der Waals surface area contributed by atoms with Crippen LogP contribution in [-0.4, -0.2) is 27.0 Å². The summed E-state index contributed by atoms with van der Waals surface area (Å²) >= 11 is 0. The molecule has 1 amide bonds. The van der Waals surface area contributed by atoms with Gasteiger partial charge in [-0.3, -0.25) is 4.79 Å². The van der Waals surface area contributed by atoms with Crippen molar-refractivity contribution in [2.45, 2.75) is 51.5 Å². The molecule has 0 saturated carbocycles. The monoisotopic (exact) mass is 494 g/mol. The lowest BCUT2D eigenvalue weighted by Gasteiger charge is -2.33. The number of hydrogen-bond acceptors (Lipinski definition) is 4. The molecule has 0 aliphatic rings. The maximum absolute atomic E-state index is 13.4. The zero-order chi connectivity index (χ0) is 25.9. The molecule has 0 atom stereocenters. The number of rotatable bonds is 8. The Morgan fingerprint density at radius 3 is 2.17 bits per heavy atom. The minimum absolute atomic E-state index is 0.0445. The zero-order valence-electron chi connectivity index (χ0n) is 21.2. The van der Waals surface area contributed by atoms with E-state index in [2.05, 4.69) is 30.8 Å². The molecular formula is C28H34N2O4S. The summed E-state index contributed by atoms with van der Waals surface area (Å²) in [5.41, 5.74) is 1.55. The Hall–Kier alpha value is -3.16. The van der Waals surface area contributed by atoms with E-state index in [9.17, 15) is 13.2 Å². The number of benzene rings is 3. The molecular weight excluding hydrogens is 460 g/mol. The van der Waals surface area contributed by atoms with Crippen molar-refractivity contribution < 1.29 is 17.9 Å². The molecule has 0 fully saturated rings. The predicted octanol–water partition coefficient (Wildman–Crippen LogP) is 6.11. The SMILES string of the molecule is COc1ccc(NC(=O)c2cccc(-c3ccccc3S(=O)(=O)NC(C)(C)CC(C)(C)C)c2)cc1. The summed E-state index contributed by atoms with van der Waals surface area (Å²) in [6, 6.07) is 20.8. The van der Waals surface area contributed by atoms with Gasteiger partial charge in [-0.2, -0.15) is 0 Å². The smallest absolute Gasteiger partial charge is 0.255 e. The van der Waals surface area contributed by atoms with Crippen molar-refractivity contribution >= 4 is 21.6 Å². The second-order valence-corrected chi connectivity index (χ2v) is 12.1. The highest BCUT2D eigenvalue weighted by Gasteiger charge is 2.31. The molecule has 0 aromatic heterocycles. The summed E-state index contributed by atoms with van der Waals surface area (Å²) in [4.78, 5) is 13.1. The number of anilines is 1. The molecule has 35 heavy (non-hydrogen) atoms. The van der Waals surface area contributed by atoms with Gasteiger partial charge >= 0.3 is 0 Å². The molecule has 0 aliphatic carbocycles. The molecule has 3 aromatic carbocycles. The average molecular weight is 495 g/mol. The van der Waals surface area contributed by atoms with Crippen LogP contribution >= 0.6 is 0 Å². The van der Waals surface area contributed by atoms with E-state index < -0.39 is 15.6 Å². The van der Waals surface area contributed by atoms with Crippen LogP contribution < -0.4 is 14.8 Å².